The molecular weight excluding hydrogens is 396 g/mol. The number of aromatic nitrogens is 3. The van der Waals surface area contributed by atoms with Crippen LogP contribution in [0.1, 0.15) is 11.3 Å². The molecule has 0 aliphatic heterocycles. The van der Waals surface area contributed by atoms with Crippen LogP contribution in [0.3, 0.4) is 0 Å². The zero-order valence-corrected chi connectivity index (χ0v) is 16.8. The van der Waals surface area contributed by atoms with E-state index < -0.39 is 10.0 Å². The minimum atomic E-state index is -3.58. The Balaban J connectivity index is 1.77. The van der Waals surface area contributed by atoms with Gasteiger partial charge in [-0.3, -0.25) is 4.57 Å². The number of aryl methyl sites for hydroxylation is 1. The molecule has 0 bridgehead atoms. The van der Waals surface area contributed by atoms with Gasteiger partial charge in [-0.15, -0.1) is 10.2 Å². The summed E-state index contributed by atoms with van der Waals surface area (Å²) in [7, 11) is -0.659. The standard InChI is InChI=1S/C16H17ClN4O3S2/c1-11-4-5-12(8-14(11)17)21-10-18-19-16(21)25-9-13-6-7-15(24-13)26(22,23)20(2)3/h4-8,10H,9H2,1-3H3. The summed E-state index contributed by atoms with van der Waals surface area (Å²) in [5, 5.41) is 9.29. The highest BCUT2D eigenvalue weighted by molar-refractivity contribution is 7.98. The molecule has 7 nitrogen and oxygen atoms in total. The number of hydrogen-bond donors (Lipinski definition) is 0. The summed E-state index contributed by atoms with van der Waals surface area (Å²) in [6.45, 7) is 1.93. The van der Waals surface area contributed by atoms with Crippen LogP contribution in [-0.4, -0.2) is 41.6 Å². The SMILES string of the molecule is Cc1ccc(-n2cnnc2SCc2ccc(S(=O)(=O)N(C)C)o2)cc1Cl. The fraction of sp³-hybridized carbons (Fsp3) is 0.250. The van der Waals surface area contributed by atoms with Crippen molar-refractivity contribution in [3.8, 4) is 5.69 Å². The van der Waals surface area contributed by atoms with Crippen molar-refractivity contribution in [1.29, 1.82) is 0 Å². The molecule has 3 rings (SSSR count). The Kier molecular flexibility index (Phi) is 5.42. The van der Waals surface area contributed by atoms with Crippen molar-refractivity contribution in [3.63, 3.8) is 0 Å². The number of hydrogen-bond acceptors (Lipinski definition) is 6. The predicted molar refractivity (Wildman–Crippen MR) is 100 cm³/mol. The number of sulfonamides is 1. The Bertz CT molecular complexity index is 1030. The quantitative estimate of drug-likeness (QED) is 0.577. The molecule has 0 aliphatic carbocycles. The number of rotatable bonds is 6. The third-order valence-electron chi connectivity index (χ3n) is 3.67. The molecule has 0 amide bonds. The zero-order chi connectivity index (χ0) is 18.9. The summed E-state index contributed by atoms with van der Waals surface area (Å²) in [6, 6.07) is 8.81. The number of nitrogens with zero attached hydrogens (tertiary/aromatic N) is 4. The van der Waals surface area contributed by atoms with Crippen LogP contribution < -0.4 is 0 Å². The second kappa shape index (κ2) is 7.43. The van der Waals surface area contributed by atoms with Gasteiger partial charge >= 0.3 is 0 Å². The molecule has 0 spiro atoms. The lowest BCUT2D eigenvalue weighted by Gasteiger charge is -2.08. The molecule has 26 heavy (non-hydrogen) atoms. The summed E-state index contributed by atoms with van der Waals surface area (Å²) in [5.74, 6) is 0.952. The first kappa shape index (κ1) is 19.0. The lowest BCUT2D eigenvalue weighted by atomic mass is 10.2. The van der Waals surface area contributed by atoms with Gasteiger partial charge in [0, 0.05) is 19.1 Å². The lowest BCUT2D eigenvalue weighted by molar-refractivity contribution is 0.408. The second-order valence-electron chi connectivity index (χ2n) is 5.71. The largest absolute Gasteiger partial charge is 0.447 e. The molecule has 0 atom stereocenters. The molecule has 2 aromatic heterocycles. The van der Waals surface area contributed by atoms with Crippen molar-refractivity contribution in [3.05, 3.63) is 53.0 Å². The average molecular weight is 413 g/mol. The maximum Gasteiger partial charge on any atom is 0.275 e. The Labute approximate surface area is 161 Å². The van der Waals surface area contributed by atoms with Gasteiger partial charge in [0.05, 0.1) is 11.4 Å². The monoisotopic (exact) mass is 412 g/mol. The normalized spacial score (nSPS) is 12.0. The topological polar surface area (TPSA) is 81.2 Å². The van der Waals surface area contributed by atoms with Crippen molar-refractivity contribution in [2.75, 3.05) is 14.1 Å². The van der Waals surface area contributed by atoms with E-state index in [2.05, 4.69) is 10.2 Å². The van der Waals surface area contributed by atoms with Crippen LogP contribution in [-0.2, 0) is 15.8 Å². The maximum absolute atomic E-state index is 12.1. The van der Waals surface area contributed by atoms with E-state index >= 15 is 0 Å². The molecule has 0 aliphatic rings. The van der Waals surface area contributed by atoms with E-state index in [1.807, 2.05) is 29.7 Å². The number of benzene rings is 1. The molecule has 0 fully saturated rings. The van der Waals surface area contributed by atoms with Crippen molar-refractivity contribution in [1.82, 2.24) is 19.1 Å². The highest BCUT2D eigenvalue weighted by Crippen LogP contribution is 2.27. The van der Waals surface area contributed by atoms with Gasteiger partial charge in [0.2, 0.25) is 5.09 Å². The van der Waals surface area contributed by atoms with Gasteiger partial charge in [-0.25, -0.2) is 12.7 Å². The van der Waals surface area contributed by atoms with E-state index in [9.17, 15) is 8.42 Å². The van der Waals surface area contributed by atoms with E-state index in [-0.39, 0.29) is 5.09 Å². The van der Waals surface area contributed by atoms with Crippen molar-refractivity contribution in [2.45, 2.75) is 22.9 Å². The van der Waals surface area contributed by atoms with Gasteiger partial charge in [0.15, 0.2) is 5.16 Å². The smallest absolute Gasteiger partial charge is 0.275 e. The molecule has 0 N–H and O–H groups in total. The van der Waals surface area contributed by atoms with Crippen LogP contribution in [0.15, 0.2) is 51.3 Å². The highest BCUT2D eigenvalue weighted by atomic mass is 35.5. The third-order valence-corrected chi connectivity index (χ3v) is 6.73. The minimum Gasteiger partial charge on any atom is -0.447 e. The molecule has 0 radical (unpaired) electrons. The molecule has 1 aromatic carbocycles. The minimum absolute atomic E-state index is 0.0788. The summed E-state index contributed by atoms with van der Waals surface area (Å²) in [4.78, 5) is 0. The average Bonchev–Trinajstić information content (AvgIpc) is 3.24. The maximum atomic E-state index is 12.1. The molecule has 0 unspecified atom stereocenters. The van der Waals surface area contributed by atoms with Crippen molar-refractivity contribution >= 4 is 33.4 Å². The third kappa shape index (κ3) is 3.80. The lowest BCUT2D eigenvalue weighted by Crippen LogP contribution is -2.21. The Morgan fingerprint density at radius 2 is 2.04 bits per heavy atom. The summed E-state index contributed by atoms with van der Waals surface area (Å²) in [6.07, 6.45) is 1.60. The van der Waals surface area contributed by atoms with Crippen molar-refractivity contribution < 1.29 is 12.8 Å². The molecule has 138 valence electrons. The van der Waals surface area contributed by atoms with Crippen LogP contribution in [0.2, 0.25) is 5.02 Å². The van der Waals surface area contributed by atoms with Gasteiger partial charge < -0.3 is 4.42 Å². The molecule has 0 saturated carbocycles. The molecule has 10 heteroatoms. The first-order valence-electron chi connectivity index (χ1n) is 7.59. The molecular formula is C16H17ClN4O3S2. The Morgan fingerprint density at radius 3 is 2.73 bits per heavy atom. The van der Waals surface area contributed by atoms with Crippen LogP contribution >= 0.6 is 23.4 Å². The molecule has 3 aromatic rings. The second-order valence-corrected chi connectivity index (χ2v) is 9.15. The van der Waals surface area contributed by atoms with Crippen molar-refractivity contribution in [2.24, 2.45) is 0 Å². The predicted octanol–water partition coefficient (Wildman–Crippen LogP) is 3.36. The van der Waals surface area contributed by atoms with E-state index in [0.717, 1.165) is 15.6 Å². The van der Waals surface area contributed by atoms with Gasteiger partial charge in [0.1, 0.15) is 12.1 Å². The number of thioether (sulfide) groups is 1. The molecule has 2 heterocycles. The van der Waals surface area contributed by atoms with Crippen LogP contribution in [0.5, 0.6) is 0 Å². The van der Waals surface area contributed by atoms with Crippen LogP contribution in [0.4, 0.5) is 0 Å². The summed E-state index contributed by atoms with van der Waals surface area (Å²) in [5.41, 5.74) is 1.84. The number of halogens is 1. The van der Waals surface area contributed by atoms with E-state index in [0.29, 0.717) is 21.7 Å². The first-order chi connectivity index (χ1) is 12.3. The van der Waals surface area contributed by atoms with Gasteiger partial charge in [-0.2, -0.15) is 0 Å². The van der Waals surface area contributed by atoms with Gasteiger partial charge in [0.25, 0.3) is 10.0 Å². The Hall–Kier alpha value is -1.81. The first-order valence-corrected chi connectivity index (χ1v) is 10.4. The van der Waals surface area contributed by atoms with E-state index in [1.165, 1.54) is 31.9 Å². The van der Waals surface area contributed by atoms with Gasteiger partial charge in [-0.1, -0.05) is 29.4 Å². The van der Waals surface area contributed by atoms with E-state index in [1.54, 1.807) is 12.4 Å². The highest BCUT2D eigenvalue weighted by Gasteiger charge is 2.21. The fourth-order valence-corrected chi connectivity index (χ4v) is 3.93. The fourth-order valence-electron chi connectivity index (χ4n) is 2.12. The van der Waals surface area contributed by atoms with Gasteiger partial charge in [-0.05, 0) is 36.8 Å². The zero-order valence-electron chi connectivity index (χ0n) is 14.4. The van der Waals surface area contributed by atoms with E-state index in [4.69, 9.17) is 16.0 Å². The number of furan rings is 1. The van der Waals surface area contributed by atoms with Crippen LogP contribution in [0, 0.1) is 6.92 Å². The van der Waals surface area contributed by atoms with Crippen LogP contribution in [0.25, 0.3) is 5.69 Å². The summed E-state index contributed by atoms with van der Waals surface area (Å²) >= 11 is 7.58. The summed E-state index contributed by atoms with van der Waals surface area (Å²) < 4.78 is 32.5. The molecule has 0 saturated heterocycles. The Morgan fingerprint density at radius 1 is 1.27 bits per heavy atom.